The fourth-order valence-corrected chi connectivity index (χ4v) is 3.16. The fourth-order valence-electron chi connectivity index (χ4n) is 3.16. The molecule has 0 bridgehead atoms. The SMILES string of the molecule is CCc1oc2c(N3C=CC=CC(C(=O)OC)=C3C(=O)OC)cccc2c1C. The zero-order valence-corrected chi connectivity index (χ0v) is 15.7. The van der Waals surface area contributed by atoms with Crippen LogP contribution in [0.5, 0.6) is 0 Å². The summed E-state index contributed by atoms with van der Waals surface area (Å²) in [6.07, 6.45) is 7.37. The first-order valence-corrected chi connectivity index (χ1v) is 8.59. The Balaban J connectivity index is 2.29. The smallest absolute Gasteiger partial charge is 0.355 e. The van der Waals surface area contributed by atoms with Gasteiger partial charge in [-0.15, -0.1) is 0 Å². The minimum absolute atomic E-state index is 0.0638. The third-order valence-corrected chi connectivity index (χ3v) is 4.51. The number of nitrogens with zero attached hydrogens (tertiary/aromatic N) is 1. The lowest BCUT2D eigenvalue weighted by atomic mass is 10.1. The van der Waals surface area contributed by atoms with E-state index in [2.05, 4.69) is 0 Å². The van der Waals surface area contributed by atoms with E-state index < -0.39 is 11.9 Å². The van der Waals surface area contributed by atoms with Crippen molar-refractivity contribution in [2.75, 3.05) is 19.1 Å². The molecule has 0 spiro atoms. The van der Waals surface area contributed by atoms with E-state index in [-0.39, 0.29) is 11.3 Å². The molecule has 2 heterocycles. The lowest BCUT2D eigenvalue weighted by Crippen LogP contribution is -2.27. The second-order valence-electron chi connectivity index (χ2n) is 5.97. The van der Waals surface area contributed by atoms with Crippen molar-refractivity contribution in [2.45, 2.75) is 20.3 Å². The van der Waals surface area contributed by atoms with Crippen LogP contribution in [0.4, 0.5) is 5.69 Å². The van der Waals surface area contributed by atoms with Gasteiger partial charge in [0.05, 0.1) is 25.5 Å². The molecular weight excluding hydrogens is 346 g/mol. The second-order valence-corrected chi connectivity index (χ2v) is 5.97. The minimum atomic E-state index is -0.650. The number of carbonyl (C=O) groups is 2. The average Bonchev–Trinajstić information content (AvgIpc) is 2.88. The van der Waals surface area contributed by atoms with Gasteiger partial charge in [-0.25, -0.2) is 9.59 Å². The fraction of sp³-hybridized carbons (Fsp3) is 0.238. The third-order valence-electron chi connectivity index (χ3n) is 4.51. The van der Waals surface area contributed by atoms with E-state index >= 15 is 0 Å². The summed E-state index contributed by atoms with van der Waals surface area (Å²) in [5, 5.41) is 0.957. The molecule has 0 radical (unpaired) electrons. The number of methoxy groups -OCH3 is 2. The van der Waals surface area contributed by atoms with E-state index in [4.69, 9.17) is 13.9 Å². The first kappa shape index (κ1) is 18.5. The van der Waals surface area contributed by atoms with Gasteiger partial charge in [0.15, 0.2) is 5.58 Å². The summed E-state index contributed by atoms with van der Waals surface area (Å²) in [6.45, 7) is 4.03. The van der Waals surface area contributed by atoms with Crippen LogP contribution in [0.15, 0.2) is 58.3 Å². The van der Waals surface area contributed by atoms with Gasteiger partial charge in [0.25, 0.3) is 0 Å². The van der Waals surface area contributed by atoms with Crippen LogP contribution in [0.25, 0.3) is 11.0 Å². The van der Waals surface area contributed by atoms with E-state index in [9.17, 15) is 9.59 Å². The van der Waals surface area contributed by atoms with Gasteiger partial charge in [0, 0.05) is 18.0 Å². The van der Waals surface area contributed by atoms with E-state index in [1.165, 1.54) is 20.3 Å². The molecule has 0 unspecified atom stereocenters. The van der Waals surface area contributed by atoms with Crippen molar-refractivity contribution >= 4 is 28.6 Å². The van der Waals surface area contributed by atoms with Crippen molar-refractivity contribution in [3.63, 3.8) is 0 Å². The van der Waals surface area contributed by atoms with Crippen molar-refractivity contribution in [2.24, 2.45) is 0 Å². The Kier molecular flexibility index (Phi) is 5.16. The van der Waals surface area contributed by atoms with Crippen LogP contribution in [0, 0.1) is 6.92 Å². The number of anilines is 1. The molecule has 1 aliphatic heterocycles. The maximum atomic E-state index is 12.6. The Hall–Kier alpha value is -3.28. The summed E-state index contributed by atoms with van der Waals surface area (Å²) in [5.74, 6) is -0.397. The molecule has 1 aliphatic rings. The van der Waals surface area contributed by atoms with Crippen LogP contribution in [0.2, 0.25) is 0 Å². The molecule has 0 aliphatic carbocycles. The first-order valence-electron chi connectivity index (χ1n) is 8.59. The number of ether oxygens (including phenoxy) is 2. The number of esters is 2. The van der Waals surface area contributed by atoms with Crippen LogP contribution in [-0.4, -0.2) is 26.2 Å². The van der Waals surface area contributed by atoms with Gasteiger partial charge in [-0.3, -0.25) is 0 Å². The van der Waals surface area contributed by atoms with E-state index in [1.807, 2.05) is 32.0 Å². The highest BCUT2D eigenvalue weighted by atomic mass is 16.5. The zero-order chi connectivity index (χ0) is 19.6. The highest BCUT2D eigenvalue weighted by molar-refractivity contribution is 6.07. The van der Waals surface area contributed by atoms with Crippen molar-refractivity contribution in [3.8, 4) is 0 Å². The molecule has 0 N–H and O–H groups in total. The Labute approximate surface area is 157 Å². The van der Waals surface area contributed by atoms with E-state index in [1.54, 1.807) is 23.3 Å². The summed E-state index contributed by atoms with van der Waals surface area (Å²) in [5.41, 5.74) is 2.50. The molecule has 0 saturated heterocycles. The van der Waals surface area contributed by atoms with Gasteiger partial charge in [0.2, 0.25) is 0 Å². The van der Waals surface area contributed by atoms with Crippen LogP contribution in [0.1, 0.15) is 18.2 Å². The van der Waals surface area contributed by atoms with E-state index in [0.29, 0.717) is 11.3 Å². The topological polar surface area (TPSA) is 69.0 Å². The number of benzene rings is 1. The van der Waals surface area contributed by atoms with Crippen molar-refractivity contribution in [3.05, 3.63) is 65.2 Å². The summed E-state index contributed by atoms with van der Waals surface area (Å²) in [4.78, 5) is 26.4. The van der Waals surface area contributed by atoms with Gasteiger partial charge in [-0.1, -0.05) is 25.1 Å². The molecule has 140 valence electrons. The zero-order valence-electron chi connectivity index (χ0n) is 15.7. The minimum Gasteiger partial charge on any atom is -0.465 e. The maximum Gasteiger partial charge on any atom is 0.355 e. The highest BCUT2D eigenvalue weighted by Gasteiger charge is 2.29. The number of rotatable bonds is 4. The number of hydrogen-bond donors (Lipinski definition) is 0. The quantitative estimate of drug-likeness (QED) is 0.766. The van der Waals surface area contributed by atoms with Gasteiger partial charge in [0.1, 0.15) is 11.5 Å². The van der Waals surface area contributed by atoms with Crippen LogP contribution >= 0.6 is 0 Å². The molecule has 6 nitrogen and oxygen atoms in total. The van der Waals surface area contributed by atoms with Crippen LogP contribution in [0.3, 0.4) is 0 Å². The molecule has 0 saturated carbocycles. The second kappa shape index (κ2) is 7.53. The van der Waals surface area contributed by atoms with Crippen molar-refractivity contribution in [1.29, 1.82) is 0 Å². The lowest BCUT2D eigenvalue weighted by molar-refractivity contribution is -0.139. The molecule has 1 aromatic heterocycles. The summed E-state index contributed by atoms with van der Waals surface area (Å²) in [7, 11) is 2.54. The van der Waals surface area contributed by atoms with Crippen molar-refractivity contribution < 1.29 is 23.5 Å². The largest absolute Gasteiger partial charge is 0.465 e. The number of para-hydroxylation sites is 1. The molecule has 0 amide bonds. The first-order chi connectivity index (χ1) is 13.0. The Morgan fingerprint density at radius 3 is 2.52 bits per heavy atom. The van der Waals surface area contributed by atoms with Crippen LogP contribution in [-0.2, 0) is 25.5 Å². The molecule has 1 aromatic carbocycles. The average molecular weight is 367 g/mol. The van der Waals surface area contributed by atoms with E-state index in [0.717, 1.165) is 23.1 Å². The number of fused-ring (bicyclic) bond motifs is 1. The van der Waals surface area contributed by atoms with Gasteiger partial charge < -0.3 is 18.8 Å². The van der Waals surface area contributed by atoms with Gasteiger partial charge >= 0.3 is 11.9 Å². The number of carbonyl (C=O) groups excluding carboxylic acids is 2. The molecule has 3 rings (SSSR count). The summed E-state index contributed by atoms with van der Waals surface area (Å²) >= 11 is 0. The Morgan fingerprint density at radius 2 is 1.85 bits per heavy atom. The molecule has 0 fully saturated rings. The van der Waals surface area contributed by atoms with Crippen LogP contribution < -0.4 is 4.90 Å². The highest BCUT2D eigenvalue weighted by Crippen LogP contribution is 2.36. The predicted octanol–water partition coefficient (Wildman–Crippen LogP) is 3.79. The van der Waals surface area contributed by atoms with Gasteiger partial charge in [-0.05, 0) is 30.7 Å². The molecule has 2 aromatic rings. The number of hydrogen-bond acceptors (Lipinski definition) is 6. The summed E-state index contributed by atoms with van der Waals surface area (Å²) in [6, 6.07) is 5.69. The Bertz CT molecular complexity index is 993. The molecule has 27 heavy (non-hydrogen) atoms. The van der Waals surface area contributed by atoms with Crippen molar-refractivity contribution in [1.82, 2.24) is 0 Å². The van der Waals surface area contributed by atoms with Gasteiger partial charge in [-0.2, -0.15) is 0 Å². The number of allylic oxidation sites excluding steroid dienone is 2. The lowest BCUT2D eigenvalue weighted by Gasteiger charge is -2.23. The standard InChI is InChI=1S/C21H21NO5/c1-5-17-13(2)14-10-8-11-16(19(14)27-17)22-12-7-6-9-15(20(23)25-3)18(22)21(24)26-4/h6-12H,5H2,1-4H3. The Morgan fingerprint density at radius 1 is 1.11 bits per heavy atom. The third kappa shape index (κ3) is 3.14. The predicted molar refractivity (Wildman–Crippen MR) is 102 cm³/mol. The number of aryl methyl sites for hydroxylation is 2. The monoisotopic (exact) mass is 367 g/mol. The molecule has 0 atom stereocenters. The molecule has 6 heteroatoms. The molecular formula is C21H21NO5. The summed E-state index contributed by atoms with van der Waals surface area (Å²) < 4.78 is 15.9. The maximum absolute atomic E-state index is 12.6. The normalized spacial score (nSPS) is 13.9. The number of furan rings is 1.